The Bertz CT molecular complexity index is 372. The van der Waals surface area contributed by atoms with Crippen molar-refractivity contribution in [3.8, 4) is 0 Å². The van der Waals surface area contributed by atoms with Crippen LogP contribution in [-0.2, 0) is 14.3 Å². The van der Waals surface area contributed by atoms with Crippen LogP contribution in [-0.4, -0.2) is 26.3 Å². The summed E-state index contributed by atoms with van der Waals surface area (Å²) in [5.74, 6) is 0.202. The Morgan fingerprint density at radius 2 is 2.29 bits per heavy atom. The average Bonchev–Trinajstić information content (AvgIpc) is 2.51. The Hall–Kier alpha value is -0.930. The van der Waals surface area contributed by atoms with Crippen LogP contribution >= 0.6 is 0 Å². The van der Waals surface area contributed by atoms with Crippen LogP contribution in [0.2, 0.25) is 0 Å². The number of carbonyl (C=O) groups is 1. The molecule has 0 aromatic rings. The van der Waals surface area contributed by atoms with E-state index in [1.165, 1.54) is 0 Å². The summed E-state index contributed by atoms with van der Waals surface area (Å²) in [7, 11) is 1.62. The molecule has 2 bridgehead atoms. The zero-order valence-corrected chi connectivity index (χ0v) is 10.6. The molecular weight excluding hydrogens is 216 g/mol. The second-order valence-electron chi connectivity index (χ2n) is 5.41. The van der Waals surface area contributed by atoms with Gasteiger partial charge in [-0.25, -0.2) is 0 Å². The number of ketones is 1. The summed E-state index contributed by atoms with van der Waals surface area (Å²) in [5, 5.41) is 0. The van der Waals surface area contributed by atoms with Crippen LogP contribution in [0.15, 0.2) is 24.3 Å². The molecule has 0 spiro atoms. The van der Waals surface area contributed by atoms with Crippen molar-refractivity contribution < 1.29 is 14.3 Å². The number of rotatable bonds is 5. The minimum atomic E-state index is -0.337. The van der Waals surface area contributed by atoms with E-state index in [4.69, 9.17) is 9.47 Å². The molecule has 2 rings (SSSR count). The summed E-state index contributed by atoms with van der Waals surface area (Å²) >= 11 is 0. The van der Waals surface area contributed by atoms with Gasteiger partial charge in [0.05, 0.1) is 12.0 Å². The molecule has 1 saturated carbocycles. The third kappa shape index (κ3) is 2.09. The fraction of sp³-hybridized carbons (Fsp3) is 0.643. The zero-order chi connectivity index (χ0) is 12.5. The number of methoxy groups -OCH3 is 1. The lowest BCUT2D eigenvalue weighted by Gasteiger charge is -2.31. The van der Waals surface area contributed by atoms with Gasteiger partial charge in [0.2, 0.25) is 0 Å². The van der Waals surface area contributed by atoms with Gasteiger partial charge in [0.1, 0.15) is 6.79 Å². The molecule has 2 aliphatic rings. The van der Waals surface area contributed by atoms with E-state index in [1.54, 1.807) is 13.2 Å². The topological polar surface area (TPSA) is 35.5 Å². The lowest BCUT2D eigenvalue weighted by atomic mass is 9.72. The van der Waals surface area contributed by atoms with Crippen molar-refractivity contribution in [2.75, 3.05) is 20.5 Å². The quantitative estimate of drug-likeness (QED) is 0.418. The molecule has 0 amide bonds. The lowest BCUT2D eigenvalue weighted by Crippen LogP contribution is -2.30. The molecular formula is C14H20O3. The van der Waals surface area contributed by atoms with Gasteiger partial charge in [-0.2, -0.15) is 0 Å². The van der Waals surface area contributed by atoms with E-state index in [1.807, 2.05) is 6.92 Å². The molecule has 0 unspecified atom stereocenters. The molecule has 1 fully saturated rings. The predicted molar refractivity (Wildman–Crippen MR) is 65.5 cm³/mol. The molecule has 3 nitrogen and oxygen atoms in total. The number of hydrogen-bond acceptors (Lipinski definition) is 3. The largest absolute Gasteiger partial charge is 0.359 e. The Labute approximate surface area is 102 Å². The Morgan fingerprint density at radius 3 is 3.00 bits per heavy atom. The van der Waals surface area contributed by atoms with E-state index >= 15 is 0 Å². The SMILES string of the molecule is C=C1C[C@@]2(CCOCOC)C=CC(=O)[C@]1(C)C2. The first-order chi connectivity index (χ1) is 8.02. The number of ether oxygens (including phenoxy) is 2. The molecule has 3 heteroatoms. The first-order valence-corrected chi connectivity index (χ1v) is 6.01. The number of allylic oxidation sites excluding steroid dienone is 3. The molecule has 0 N–H and O–H groups in total. The molecule has 17 heavy (non-hydrogen) atoms. The molecule has 2 aliphatic carbocycles. The fourth-order valence-corrected chi connectivity index (χ4v) is 3.01. The highest BCUT2D eigenvalue weighted by Gasteiger charge is 2.52. The highest BCUT2D eigenvalue weighted by atomic mass is 16.7. The maximum Gasteiger partial charge on any atom is 0.165 e. The molecule has 0 heterocycles. The average molecular weight is 236 g/mol. The second-order valence-corrected chi connectivity index (χ2v) is 5.41. The summed E-state index contributed by atoms with van der Waals surface area (Å²) in [6.45, 7) is 7.09. The van der Waals surface area contributed by atoms with Gasteiger partial charge in [-0.05, 0) is 37.7 Å². The highest BCUT2D eigenvalue weighted by molar-refractivity contribution is 5.98. The Morgan fingerprint density at radius 1 is 1.53 bits per heavy atom. The number of fused-ring (bicyclic) bond motifs is 2. The first-order valence-electron chi connectivity index (χ1n) is 6.01. The van der Waals surface area contributed by atoms with Crippen molar-refractivity contribution in [1.29, 1.82) is 0 Å². The molecule has 0 aromatic carbocycles. The summed E-state index contributed by atoms with van der Waals surface area (Å²) in [4.78, 5) is 11.9. The van der Waals surface area contributed by atoms with E-state index in [9.17, 15) is 4.79 Å². The van der Waals surface area contributed by atoms with Crippen molar-refractivity contribution >= 4 is 5.78 Å². The summed E-state index contributed by atoms with van der Waals surface area (Å²) in [6.07, 6.45) is 6.50. The molecule has 0 aliphatic heterocycles. The van der Waals surface area contributed by atoms with Crippen molar-refractivity contribution in [3.05, 3.63) is 24.3 Å². The van der Waals surface area contributed by atoms with Gasteiger partial charge in [0, 0.05) is 7.11 Å². The highest BCUT2D eigenvalue weighted by Crippen LogP contribution is 2.57. The normalized spacial score (nSPS) is 35.6. The maximum absolute atomic E-state index is 11.9. The van der Waals surface area contributed by atoms with E-state index in [0.29, 0.717) is 13.4 Å². The van der Waals surface area contributed by atoms with E-state index in [-0.39, 0.29) is 16.6 Å². The van der Waals surface area contributed by atoms with Gasteiger partial charge in [-0.3, -0.25) is 4.79 Å². The summed E-state index contributed by atoms with van der Waals surface area (Å²) in [5.41, 5.74) is 0.808. The van der Waals surface area contributed by atoms with Crippen LogP contribution in [0, 0.1) is 10.8 Å². The van der Waals surface area contributed by atoms with Gasteiger partial charge in [0.25, 0.3) is 0 Å². The first kappa shape index (κ1) is 12.5. The zero-order valence-electron chi connectivity index (χ0n) is 10.6. The standard InChI is InChI=1S/C14H20O3/c1-11-8-14(6-7-17-10-16-3)5-4-12(15)13(11,2)9-14/h4-5H,1,6-10H2,2-3H3/t13-,14+/m1/s1. The summed E-state index contributed by atoms with van der Waals surface area (Å²) < 4.78 is 10.2. The van der Waals surface area contributed by atoms with Gasteiger partial charge in [0.15, 0.2) is 5.78 Å². The van der Waals surface area contributed by atoms with Crippen molar-refractivity contribution in [1.82, 2.24) is 0 Å². The van der Waals surface area contributed by atoms with Crippen LogP contribution in [0.1, 0.15) is 26.2 Å². The van der Waals surface area contributed by atoms with E-state index in [0.717, 1.165) is 24.8 Å². The van der Waals surface area contributed by atoms with Gasteiger partial charge >= 0.3 is 0 Å². The Balaban J connectivity index is 2.05. The van der Waals surface area contributed by atoms with Crippen LogP contribution in [0.5, 0.6) is 0 Å². The fourth-order valence-electron chi connectivity index (χ4n) is 3.01. The molecule has 94 valence electrons. The van der Waals surface area contributed by atoms with Crippen molar-refractivity contribution in [3.63, 3.8) is 0 Å². The lowest BCUT2D eigenvalue weighted by molar-refractivity contribution is -0.122. The maximum atomic E-state index is 11.9. The van der Waals surface area contributed by atoms with Gasteiger partial charge in [-0.1, -0.05) is 18.2 Å². The smallest absolute Gasteiger partial charge is 0.165 e. The second kappa shape index (κ2) is 4.39. The van der Waals surface area contributed by atoms with Crippen LogP contribution in [0.3, 0.4) is 0 Å². The molecule has 0 aromatic heterocycles. The van der Waals surface area contributed by atoms with Crippen molar-refractivity contribution in [2.24, 2.45) is 10.8 Å². The van der Waals surface area contributed by atoms with Crippen LogP contribution in [0.25, 0.3) is 0 Å². The predicted octanol–water partition coefficient (Wildman–Crippen LogP) is 2.48. The minimum Gasteiger partial charge on any atom is -0.359 e. The van der Waals surface area contributed by atoms with Gasteiger partial charge in [-0.15, -0.1) is 0 Å². The molecule has 0 saturated heterocycles. The van der Waals surface area contributed by atoms with Crippen LogP contribution in [0.4, 0.5) is 0 Å². The van der Waals surface area contributed by atoms with Crippen molar-refractivity contribution in [2.45, 2.75) is 26.2 Å². The third-order valence-electron chi connectivity index (χ3n) is 4.13. The van der Waals surface area contributed by atoms with E-state index < -0.39 is 0 Å². The minimum absolute atomic E-state index is 0.0769. The Kier molecular flexibility index (Phi) is 3.23. The summed E-state index contributed by atoms with van der Waals surface area (Å²) in [6, 6.07) is 0. The third-order valence-corrected chi connectivity index (χ3v) is 4.13. The molecule has 2 atom stereocenters. The van der Waals surface area contributed by atoms with E-state index in [2.05, 4.69) is 12.7 Å². The number of carbonyl (C=O) groups excluding carboxylic acids is 1. The monoisotopic (exact) mass is 236 g/mol. The van der Waals surface area contributed by atoms with Crippen LogP contribution < -0.4 is 0 Å². The molecule has 0 radical (unpaired) electrons. The van der Waals surface area contributed by atoms with Gasteiger partial charge < -0.3 is 9.47 Å². The number of hydrogen-bond donors (Lipinski definition) is 0.